The van der Waals surface area contributed by atoms with Crippen LogP contribution in [0.15, 0.2) is 71.8 Å². The van der Waals surface area contributed by atoms with Crippen molar-refractivity contribution in [2.24, 2.45) is 5.10 Å². The van der Waals surface area contributed by atoms with E-state index in [1.54, 1.807) is 48.5 Å². The second-order valence-electron chi connectivity index (χ2n) is 7.24. The minimum absolute atomic E-state index is 0.267. The van der Waals surface area contributed by atoms with Crippen molar-refractivity contribution in [3.63, 3.8) is 0 Å². The molecule has 178 valence electrons. The molecule has 2 N–H and O–H groups in total. The first-order chi connectivity index (χ1) is 17.0. The number of anilines is 1. The van der Waals surface area contributed by atoms with Gasteiger partial charge in [0.05, 0.1) is 25.3 Å². The summed E-state index contributed by atoms with van der Waals surface area (Å²) in [6, 6.07) is 21.3. The Bertz CT molecular complexity index is 1250. The number of nitriles is 1. The number of halogens is 1. The van der Waals surface area contributed by atoms with E-state index < -0.39 is 11.8 Å². The Morgan fingerprint density at radius 2 is 1.80 bits per heavy atom. The molecule has 0 aliphatic rings. The van der Waals surface area contributed by atoms with Gasteiger partial charge in [-0.15, -0.1) is 0 Å². The predicted octanol–water partition coefficient (Wildman–Crippen LogP) is 4.47. The van der Waals surface area contributed by atoms with Crippen LogP contribution in [0.25, 0.3) is 0 Å². The van der Waals surface area contributed by atoms with E-state index in [1.165, 1.54) is 6.21 Å². The maximum atomic E-state index is 12.1. The number of carbonyl (C=O) groups excluding carboxylic acids is 2. The number of amides is 2. The van der Waals surface area contributed by atoms with Gasteiger partial charge in [0, 0.05) is 10.7 Å². The molecule has 2 amide bonds. The molecule has 8 nitrogen and oxygen atoms in total. The van der Waals surface area contributed by atoms with Crippen molar-refractivity contribution in [2.75, 3.05) is 11.9 Å². The summed E-state index contributed by atoms with van der Waals surface area (Å²) in [4.78, 5) is 24.1. The molecule has 0 saturated heterocycles. The third-order valence-electron chi connectivity index (χ3n) is 4.63. The van der Waals surface area contributed by atoms with Gasteiger partial charge >= 0.3 is 11.8 Å². The van der Waals surface area contributed by atoms with Crippen molar-refractivity contribution in [2.45, 2.75) is 20.0 Å². The van der Waals surface area contributed by atoms with Crippen molar-refractivity contribution in [1.82, 2.24) is 5.43 Å². The quantitative estimate of drug-likeness (QED) is 0.261. The zero-order chi connectivity index (χ0) is 25.0. The first-order valence-corrected chi connectivity index (χ1v) is 11.1. The van der Waals surface area contributed by atoms with E-state index in [9.17, 15) is 9.59 Å². The summed E-state index contributed by atoms with van der Waals surface area (Å²) in [5.41, 5.74) is 5.00. The van der Waals surface area contributed by atoms with Crippen LogP contribution in [0.3, 0.4) is 0 Å². The molecule has 0 saturated carbocycles. The Balaban J connectivity index is 1.57. The molecule has 0 bridgehead atoms. The van der Waals surface area contributed by atoms with Gasteiger partial charge in [-0.1, -0.05) is 35.9 Å². The van der Waals surface area contributed by atoms with E-state index in [0.29, 0.717) is 41.0 Å². The maximum absolute atomic E-state index is 12.1. The van der Waals surface area contributed by atoms with Crippen LogP contribution in [-0.4, -0.2) is 24.6 Å². The fraction of sp³-hybridized carbons (Fsp3) is 0.154. The average Bonchev–Trinajstić information content (AvgIpc) is 2.85. The lowest BCUT2D eigenvalue weighted by Gasteiger charge is -2.12. The molecule has 0 heterocycles. The Hall–Kier alpha value is -4.35. The molecule has 3 rings (SSSR count). The summed E-state index contributed by atoms with van der Waals surface area (Å²) in [7, 11) is 0. The molecular formula is C26H23ClN4O4. The third-order valence-corrected chi connectivity index (χ3v) is 4.87. The topological polar surface area (TPSA) is 113 Å². The van der Waals surface area contributed by atoms with Crippen LogP contribution in [0.5, 0.6) is 11.5 Å². The summed E-state index contributed by atoms with van der Waals surface area (Å²) in [6.45, 7) is 2.61. The first-order valence-electron chi connectivity index (χ1n) is 10.7. The number of rotatable bonds is 9. The number of ether oxygens (including phenoxy) is 2. The Morgan fingerprint density at radius 3 is 2.51 bits per heavy atom. The normalized spacial score (nSPS) is 10.4. The van der Waals surface area contributed by atoms with Gasteiger partial charge in [0.2, 0.25) is 0 Å². The van der Waals surface area contributed by atoms with Crippen molar-refractivity contribution in [3.05, 3.63) is 88.4 Å². The summed E-state index contributed by atoms with van der Waals surface area (Å²) in [5, 5.41) is 15.6. The molecular weight excluding hydrogens is 468 g/mol. The minimum atomic E-state index is -0.922. The van der Waals surface area contributed by atoms with Gasteiger partial charge in [0.1, 0.15) is 6.61 Å². The zero-order valence-electron chi connectivity index (χ0n) is 19.0. The van der Waals surface area contributed by atoms with E-state index >= 15 is 0 Å². The van der Waals surface area contributed by atoms with Crippen LogP contribution in [-0.2, 0) is 22.6 Å². The van der Waals surface area contributed by atoms with Crippen LogP contribution in [0.1, 0.15) is 23.6 Å². The molecule has 0 unspecified atom stereocenters. The lowest BCUT2D eigenvalue weighted by Crippen LogP contribution is -2.32. The summed E-state index contributed by atoms with van der Waals surface area (Å²) in [6.07, 6.45) is 1.66. The minimum Gasteiger partial charge on any atom is -0.490 e. The molecule has 3 aromatic rings. The van der Waals surface area contributed by atoms with Gasteiger partial charge in [-0.2, -0.15) is 10.4 Å². The molecule has 35 heavy (non-hydrogen) atoms. The largest absolute Gasteiger partial charge is 0.490 e. The standard InChI is InChI=1S/C26H23ClN4O4/c1-2-34-24-15-19(8-11-23(24)35-17-20-4-3-5-21(27)14-20)16-29-31-26(33)25(32)30-22-9-6-18(7-10-22)12-13-28/h3-11,14-16H,2,12,17H2,1H3,(H,30,32)(H,31,33). The van der Waals surface area contributed by atoms with E-state index in [1.807, 2.05) is 31.2 Å². The molecule has 0 spiro atoms. The lowest BCUT2D eigenvalue weighted by atomic mass is 10.1. The first kappa shape index (κ1) is 25.3. The number of carbonyl (C=O) groups is 2. The van der Waals surface area contributed by atoms with E-state index in [2.05, 4.69) is 15.8 Å². The molecule has 9 heteroatoms. The monoisotopic (exact) mass is 490 g/mol. The van der Waals surface area contributed by atoms with Gasteiger partial charge in [-0.05, 0) is 66.1 Å². The maximum Gasteiger partial charge on any atom is 0.329 e. The molecule has 0 radical (unpaired) electrons. The van der Waals surface area contributed by atoms with Crippen LogP contribution in [0.2, 0.25) is 5.02 Å². The molecule has 0 aliphatic heterocycles. The Labute approximate surface area is 208 Å². The second-order valence-corrected chi connectivity index (χ2v) is 7.68. The molecule has 3 aromatic carbocycles. The van der Waals surface area contributed by atoms with E-state index in [-0.39, 0.29) is 6.42 Å². The SMILES string of the molecule is CCOc1cc(C=NNC(=O)C(=O)Nc2ccc(CC#N)cc2)ccc1OCc1cccc(Cl)c1. The molecule has 0 atom stereocenters. The highest BCUT2D eigenvalue weighted by Crippen LogP contribution is 2.29. The second kappa shape index (κ2) is 12.8. The molecule has 0 fully saturated rings. The van der Waals surface area contributed by atoms with Crippen molar-refractivity contribution in [3.8, 4) is 17.6 Å². The highest BCUT2D eigenvalue weighted by Gasteiger charge is 2.13. The highest BCUT2D eigenvalue weighted by molar-refractivity contribution is 6.39. The number of nitrogens with one attached hydrogen (secondary N) is 2. The Kier molecular flexibility index (Phi) is 9.22. The third kappa shape index (κ3) is 7.88. The smallest absolute Gasteiger partial charge is 0.329 e. The van der Waals surface area contributed by atoms with Gasteiger partial charge in [0.25, 0.3) is 0 Å². The van der Waals surface area contributed by atoms with Crippen LogP contribution in [0.4, 0.5) is 5.69 Å². The number of hydrogen-bond acceptors (Lipinski definition) is 6. The van der Waals surface area contributed by atoms with E-state index in [0.717, 1.165) is 11.1 Å². The van der Waals surface area contributed by atoms with Crippen molar-refractivity contribution >= 4 is 35.3 Å². The summed E-state index contributed by atoms with van der Waals surface area (Å²) >= 11 is 6.02. The van der Waals surface area contributed by atoms with Crippen molar-refractivity contribution < 1.29 is 19.1 Å². The fourth-order valence-corrected chi connectivity index (χ4v) is 3.19. The van der Waals surface area contributed by atoms with Gasteiger partial charge in [-0.25, -0.2) is 5.43 Å². The number of hydrogen-bond donors (Lipinski definition) is 2. The number of benzene rings is 3. The van der Waals surface area contributed by atoms with Crippen LogP contribution in [0, 0.1) is 11.3 Å². The fourth-order valence-electron chi connectivity index (χ4n) is 2.98. The van der Waals surface area contributed by atoms with Crippen LogP contribution >= 0.6 is 11.6 Å². The number of nitrogens with zero attached hydrogens (tertiary/aromatic N) is 2. The lowest BCUT2D eigenvalue weighted by molar-refractivity contribution is -0.136. The zero-order valence-corrected chi connectivity index (χ0v) is 19.7. The Morgan fingerprint density at radius 1 is 1.00 bits per heavy atom. The van der Waals surface area contributed by atoms with Crippen LogP contribution < -0.4 is 20.2 Å². The summed E-state index contributed by atoms with van der Waals surface area (Å²) in [5.74, 6) is -0.723. The van der Waals surface area contributed by atoms with E-state index in [4.69, 9.17) is 26.3 Å². The molecule has 0 aliphatic carbocycles. The van der Waals surface area contributed by atoms with Gasteiger partial charge < -0.3 is 14.8 Å². The number of hydrazone groups is 1. The highest BCUT2D eigenvalue weighted by atomic mass is 35.5. The summed E-state index contributed by atoms with van der Waals surface area (Å²) < 4.78 is 11.5. The van der Waals surface area contributed by atoms with Crippen molar-refractivity contribution in [1.29, 1.82) is 5.26 Å². The average molecular weight is 491 g/mol. The van der Waals surface area contributed by atoms with Gasteiger partial charge in [-0.3, -0.25) is 9.59 Å². The predicted molar refractivity (Wildman–Crippen MR) is 134 cm³/mol. The van der Waals surface area contributed by atoms with Gasteiger partial charge in [0.15, 0.2) is 11.5 Å². The molecule has 0 aromatic heterocycles.